The van der Waals surface area contributed by atoms with E-state index in [2.05, 4.69) is 4.98 Å². The summed E-state index contributed by atoms with van der Waals surface area (Å²) in [5.41, 5.74) is 5.24. The average molecular weight is 233 g/mol. The molecule has 0 aliphatic heterocycles. The fourth-order valence-electron chi connectivity index (χ4n) is 1.67. The van der Waals surface area contributed by atoms with Gasteiger partial charge in [0.2, 0.25) is 0 Å². The van der Waals surface area contributed by atoms with Crippen molar-refractivity contribution < 1.29 is 9.90 Å². The van der Waals surface area contributed by atoms with E-state index >= 15 is 0 Å². The van der Waals surface area contributed by atoms with Gasteiger partial charge in [0.15, 0.2) is 0 Å². The summed E-state index contributed by atoms with van der Waals surface area (Å²) in [6, 6.07) is 5.92. The lowest BCUT2D eigenvalue weighted by molar-refractivity contribution is 0.0702. The van der Waals surface area contributed by atoms with Gasteiger partial charge in [-0.05, 0) is 19.4 Å². The maximum Gasteiger partial charge on any atom is 0.348 e. The molecule has 0 saturated heterocycles. The molecular formula is C12H11NO2S. The van der Waals surface area contributed by atoms with Crippen molar-refractivity contribution in [2.24, 2.45) is 0 Å². The van der Waals surface area contributed by atoms with Crippen molar-refractivity contribution in [2.45, 2.75) is 13.8 Å². The third-order valence-corrected chi connectivity index (χ3v) is 3.21. The molecule has 3 nitrogen and oxygen atoms in total. The summed E-state index contributed by atoms with van der Waals surface area (Å²) in [7, 11) is 0. The van der Waals surface area contributed by atoms with Gasteiger partial charge in [-0.2, -0.15) is 0 Å². The van der Waals surface area contributed by atoms with Crippen molar-refractivity contribution in [2.75, 3.05) is 0 Å². The molecular weight excluding hydrogens is 222 g/mol. The summed E-state index contributed by atoms with van der Waals surface area (Å²) < 4.78 is 0. The van der Waals surface area contributed by atoms with E-state index in [1.165, 1.54) is 0 Å². The molecule has 1 N–H and O–H groups in total. The lowest BCUT2D eigenvalue weighted by atomic mass is 10.0. The Morgan fingerprint density at radius 3 is 2.75 bits per heavy atom. The van der Waals surface area contributed by atoms with E-state index in [0.29, 0.717) is 10.6 Å². The molecule has 1 heterocycles. The number of carbonyl (C=O) groups is 1. The quantitative estimate of drug-likeness (QED) is 0.867. The first-order valence-electron chi connectivity index (χ1n) is 4.84. The van der Waals surface area contributed by atoms with Gasteiger partial charge in [-0.15, -0.1) is 11.3 Å². The minimum absolute atomic E-state index is 0.298. The lowest BCUT2D eigenvalue weighted by Crippen LogP contribution is -1.96. The summed E-state index contributed by atoms with van der Waals surface area (Å²) in [5, 5.41) is 9.03. The standard InChI is InChI=1S/C12H11NO2S/c1-7-3-4-9(8(2)5-7)10-11(12(14)15)16-6-13-10/h3-6H,1-2H3,(H,14,15). The Kier molecular flexibility index (Phi) is 2.75. The number of aromatic nitrogens is 1. The first-order chi connectivity index (χ1) is 7.59. The highest BCUT2D eigenvalue weighted by Crippen LogP contribution is 2.28. The smallest absolute Gasteiger partial charge is 0.348 e. The Morgan fingerprint density at radius 2 is 2.12 bits per heavy atom. The van der Waals surface area contributed by atoms with Crippen LogP contribution in [0.4, 0.5) is 0 Å². The number of rotatable bonds is 2. The molecule has 82 valence electrons. The van der Waals surface area contributed by atoms with Crippen molar-refractivity contribution in [1.82, 2.24) is 4.98 Å². The number of carboxylic acids is 1. The number of benzene rings is 1. The van der Waals surface area contributed by atoms with Crippen LogP contribution in [0.5, 0.6) is 0 Å². The fraction of sp³-hybridized carbons (Fsp3) is 0.167. The Morgan fingerprint density at radius 1 is 1.38 bits per heavy atom. The van der Waals surface area contributed by atoms with Crippen LogP contribution in [0.1, 0.15) is 20.8 Å². The van der Waals surface area contributed by atoms with Gasteiger partial charge in [0.1, 0.15) is 4.88 Å². The molecule has 0 bridgehead atoms. The summed E-state index contributed by atoms with van der Waals surface area (Å²) in [6.07, 6.45) is 0. The molecule has 1 aromatic heterocycles. The third-order valence-electron chi connectivity index (χ3n) is 2.40. The molecule has 0 amide bonds. The van der Waals surface area contributed by atoms with Crippen molar-refractivity contribution >= 4 is 17.3 Å². The zero-order valence-electron chi connectivity index (χ0n) is 9.02. The molecule has 0 saturated carbocycles. The monoisotopic (exact) mass is 233 g/mol. The van der Waals surface area contributed by atoms with E-state index in [-0.39, 0.29) is 0 Å². The Labute approximate surface area is 97.4 Å². The molecule has 16 heavy (non-hydrogen) atoms. The van der Waals surface area contributed by atoms with Gasteiger partial charge in [0.05, 0.1) is 11.2 Å². The average Bonchev–Trinajstić information content (AvgIpc) is 2.66. The van der Waals surface area contributed by atoms with Crippen LogP contribution >= 0.6 is 11.3 Å². The highest BCUT2D eigenvalue weighted by Gasteiger charge is 2.16. The van der Waals surface area contributed by atoms with Crippen LogP contribution in [0.25, 0.3) is 11.3 Å². The maximum atomic E-state index is 11.0. The molecule has 0 atom stereocenters. The van der Waals surface area contributed by atoms with Crippen LogP contribution in [0.3, 0.4) is 0 Å². The van der Waals surface area contributed by atoms with Gasteiger partial charge in [-0.25, -0.2) is 9.78 Å². The predicted molar refractivity (Wildman–Crippen MR) is 64.0 cm³/mol. The second kappa shape index (κ2) is 4.06. The van der Waals surface area contributed by atoms with Gasteiger partial charge < -0.3 is 5.11 Å². The first kappa shape index (κ1) is 10.8. The van der Waals surface area contributed by atoms with E-state index < -0.39 is 5.97 Å². The molecule has 2 rings (SSSR count). The molecule has 0 fully saturated rings. The molecule has 0 aliphatic carbocycles. The number of nitrogens with zero attached hydrogens (tertiary/aromatic N) is 1. The summed E-state index contributed by atoms with van der Waals surface area (Å²) in [5.74, 6) is -0.919. The molecule has 2 aromatic rings. The number of aromatic carboxylic acids is 1. The molecule has 0 aliphatic rings. The van der Waals surface area contributed by atoms with Crippen LogP contribution in [0.2, 0.25) is 0 Å². The van der Waals surface area contributed by atoms with Crippen molar-refractivity contribution in [3.05, 3.63) is 39.7 Å². The second-order valence-electron chi connectivity index (χ2n) is 3.65. The van der Waals surface area contributed by atoms with E-state index in [0.717, 1.165) is 28.0 Å². The minimum Gasteiger partial charge on any atom is -0.477 e. The normalized spacial score (nSPS) is 10.4. The number of hydrogen-bond donors (Lipinski definition) is 1. The van der Waals surface area contributed by atoms with Gasteiger partial charge in [-0.3, -0.25) is 0 Å². The number of hydrogen-bond acceptors (Lipinski definition) is 3. The van der Waals surface area contributed by atoms with Crippen molar-refractivity contribution in [3.8, 4) is 11.3 Å². The SMILES string of the molecule is Cc1ccc(-c2ncsc2C(=O)O)c(C)c1. The molecule has 1 aromatic carbocycles. The Hall–Kier alpha value is -1.68. The summed E-state index contributed by atoms with van der Waals surface area (Å²) in [6.45, 7) is 3.98. The van der Waals surface area contributed by atoms with E-state index in [1.807, 2.05) is 32.0 Å². The maximum absolute atomic E-state index is 11.0. The molecule has 0 unspecified atom stereocenters. The van der Waals surface area contributed by atoms with Crippen LogP contribution in [-0.2, 0) is 0 Å². The van der Waals surface area contributed by atoms with E-state index in [9.17, 15) is 4.79 Å². The predicted octanol–water partition coefficient (Wildman–Crippen LogP) is 3.13. The van der Waals surface area contributed by atoms with Crippen LogP contribution in [0, 0.1) is 13.8 Å². The zero-order chi connectivity index (χ0) is 11.7. The number of carboxylic acid groups (broad SMARTS) is 1. The van der Waals surface area contributed by atoms with E-state index in [1.54, 1.807) is 5.51 Å². The highest BCUT2D eigenvalue weighted by atomic mass is 32.1. The van der Waals surface area contributed by atoms with Crippen LogP contribution in [-0.4, -0.2) is 16.1 Å². The van der Waals surface area contributed by atoms with E-state index in [4.69, 9.17) is 5.11 Å². The lowest BCUT2D eigenvalue weighted by Gasteiger charge is -2.05. The largest absolute Gasteiger partial charge is 0.477 e. The molecule has 0 spiro atoms. The van der Waals surface area contributed by atoms with Crippen LogP contribution < -0.4 is 0 Å². The van der Waals surface area contributed by atoms with Crippen molar-refractivity contribution in [3.63, 3.8) is 0 Å². The van der Waals surface area contributed by atoms with Crippen LogP contribution in [0.15, 0.2) is 23.7 Å². The minimum atomic E-state index is -0.919. The fourth-order valence-corrected chi connectivity index (χ4v) is 2.31. The number of aryl methyl sites for hydroxylation is 2. The van der Waals surface area contributed by atoms with Gasteiger partial charge in [0, 0.05) is 5.56 Å². The van der Waals surface area contributed by atoms with Crippen molar-refractivity contribution in [1.29, 1.82) is 0 Å². The molecule has 0 radical (unpaired) electrons. The first-order valence-corrected chi connectivity index (χ1v) is 5.72. The number of thiazole rings is 1. The van der Waals surface area contributed by atoms with Gasteiger partial charge >= 0.3 is 5.97 Å². The highest BCUT2D eigenvalue weighted by molar-refractivity contribution is 7.12. The third kappa shape index (κ3) is 1.84. The Balaban J connectivity index is 2.59. The Bertz CT molecular complexity index is 546. The summed E-state index contributed by atoms with van der Waals surface area (Å²) in [4.78, 5) is 15.4. The zero-order valence-corrected chi connectivity index (χ0v) is 9.84. The van der Waals surface area contributed by atoms with Gasteiger partial charge in [0.25, 0.3) is 0 Å². The van der Waals surface area contributed by atoms with Gasteiger partial charge in [-0.1, -0.05) is 23.8 Å². The molecule has 4 heteroatoms. The summed E-state index contributed by atoms with van der Waals surface area (Å²) >= 11 is 1.15. The topological polar surface area (TPSA) is 50.2 Å². The second-order valence-corrected chi connectivity index (χ2v) is 4.51.